The Labute approximate surface area is 195 Å². The molecule has 1 rings (SSSR count). The highest BCUT2D eigenvalue weighted by Crippen LogP contribution is 2.35. The minimum atomic E-state index is -0.503. The van der Waals surface area contributed by atoms with Crippen molar-refractivity contribution in [2.45, 2.75) is 110 Å². The lowest BCUT2D eigenvalue weighted by atomic mass is 9.93. The second-order valence-corrected chi connectivity index (χ2v) is 8.24. The molecular weight excluding hydrogens is 402 g/mol. The third-order valence-corrected chi connectivity index (χ3v) is 5.57. The van der Waals surface area contributed by atoms with Gasteiger partial charge in [-0.05, 0) is 46.0 Å². The van der Waals surface area contributed by atoms with Crippen molar-refractivity contribution in [3.05, 3.63) is 24.0 Å². The molecule has 0 aliphatic heterocycles. The number of carbonyl (C=O) groups excluding carboxylic acids is 1. The van der Waals surface area contributed by atoms with Crippen molar-refractivity contribution in [2.75, 3.05) is 13.2 Å². The number of primary amides is 1. The van der Waals surface area contributed by atoms with Crippen molar-refractivity contribution in [1.29, 1.82) is 0 Å². The van der Waals surface area contributed by atoms with E-state index in [-0.39, 0.29) is 5.91 Å². The number of nitrogens with zero attached hydrogens (tertiary/aromatic N) is 2. The number of amides is 1. The Morgan fingerprint density at radius 3 is 1.84 bits per heavy atom. The lowest BCUT2D eigenvalue weighted by molar-refractivity contribution is -0.119. The summed E-state index contributed by atoms with van der Waals surface area (Å²) in [6, 6.07) is 0. The fourth-order valence-corrected chi connectivity index (χ4v) is 3.84. The van der Waals surface area contributed by atoms with Crippen molar-refractivity contribution < 1.29 is 14.3 Å². The van der Waals surface area contributed by atoms with Gasteiger partial charge in [-0.15, -0.1) is 0 Å². The van der Waals surface area contributed by atoms with Crippen molar-refractivity contribution in [3.8, 4) is 11.8 Å². The van der Waals surface area contributed by atoms with Gasteiger partial charge < -0.3 is 15.2 Å². The van der Waals surface area contributed by atoms with E-state index in [1.807, 2.05) is 13.8 Å². The zero-order chi connectivity index (χ0) is 23.4. The van der Waals surface area contributed by atoms with Gasteiger partial charge >= 0.3 is 0 Å². The largest absolute Gasteiger partial charge is 0.478 e. The average molecular weight is 448 g/mol. The molecule has 0 bridgehead atoms. The number of rotatable bonds is 20. The molecule has 0 spiro atoms. The van der Waals surface area contributed by atoms with Crippen LogP contribution in [-0.2, 0) is 4.79 Å². The lowest BCUT2D eigenvalue weighted by Gasteiger charge is -2.19. The normalized spacial score (nSPS) is 12.2. The molecule has 1 amide bonds. The summed E-state index contributed by atoms with van der Waals surface area (Å²) in [4.78, 5) is 20.6. The van der Waals surface area contributed by atoms with Gasteiger partial charge in [0.1, 0.15) is 6.33 Å². The van der Waals surface area contributed by atoms with Crippen molar-refractivity contribution in [1.82, 2.24) is 9.97 Å². The van der Waals surface area contributed by atoms with Gasteiger partial charge in [0, 0.05) is 0 Å². The van der Waals surface area contributed by atoms with Crippen molar-refractivity contribution in [2.24, 2.45) is 5.73 Å². The van der Waals surface area contributed by atoms with E-state index in [0.29, 0.717) is 37.0 Å². The number of hydrogen-bond acceptors (Lipinski definition) is 5. The molecule has 2 N–H and O–H groups in total. The van der Waals surface area contributed by atoms with E-state index in [0.717, 1.165) is 25.7 Å². The Kier molecular flexibility index (Phi) is 16.1. The number of allylic oxidation sites excluding steroid dienone is 2. The Balaban J connectivity index is 2.36. The molecular formula is C26H45N3O3. The van der Waals surface area contributed by atoms with Gasteiger partial charge in [-0.25, -0.2) is 9.97 Å². The SMILES string of the molecule is CCCCCCCC/C=C/CCCCCCC(C(N)=O)c1c(OCC)ncnc1OCC. The van der Waals surface area contributed by atoms with Crippen molar-refractivity contribution in [3.63, 3.8) is 0 Å². The summed E-state index contributed by atoms with van der Waals surface area (Å²) in [7, 11) is 0. The molecule has 1 aromatic rings. The summed E-state index contributed by atoms with van der Waals surface area (Å²) in [6.45, 7) is 6.93. The highest BCUT2D eigenvalue weighted by atomic mass is 16.5. The Hall–Kier alpha value is -2.11. The fraction of sp³-hybridized carbons (Fsp3) is 0.731. The lowest BCUT2D eigenvalue weighted by Crippen LogP contribution is -2.23. The second kappa shape index (κ2) is 18.5. The molecule has 0 aliphatic rings. The van der Waals surface area contributed by atoms with Gasteiger partial charge in [-0.1, -0.05) is 70.4 Å². The fourth-order valence-electron chi connectivity index (χ4n) is 3.84. The molecule has 1 atom stereocenters. The van der Waals surface area contributed by atoms with Gasteiger partial charge in [0.05, 0.1) is 24.7 Å². The van der Waals surface area contributed by atoms with Crippen LogP contribution >= 0.6 is 0 Å². The summed E-state index contributed by atoms with van der Waals surface area (Å²) in [5, 5.41) is 0. The van der Waals surface area contributed by atoms with Gasteiger partial charge in [-0.2, -0.15) is 0 Å². The van der Waals surface area contributed by atoms with Crippen LogP contribution in [0.4, 0.5) is 0 Å². The van der Waals surface area contributed by atoms with Gasteiger partial charge in [-0.3, -0.25) is 4.79 Å². The number of ether oxygens (including phenoxy) is 2. The molecule has 0 saturated heterocycles. The van der Waals surface area contributed by atoms with E-state index in [4.69, 9.17) is 15.2 Å². The van der Waals surface area contributed by atoms with Gasteiger partial charge in [0.2, 0.25) is 17.7 Å². The molecule has 0 aromatic carbocycles. The minimum absolute atomic E-state index is 0.390. The Morgan fingerprint density at radius 1 is 0.844 bits per heavy atom. The molecule has 1 unspecified atom stereocenters. The monoisotopic (exact) mass is 447 g/mol. The topological polar surface area (TPSA) is 87.3 Å². The molecule has 6 heteroatoms. The van der Waals surface area contributed by atoms with E-state index in [1.54, 1.807) is 0 Å². The number of hydrogen-bond donors (Lipinski definition) is 1. The molecule has 32 heavy (non-hydrogen) atoms. The van der Waals surface area contributed by atoms with E-state index in [9.17, 15) is 4.79 Å². The van der Waals surface area contributed by atoms with Crippen LogP contribution in [0.25, 0.3) is 0 Å². The maximum atomic E-state index is 12.2. The molecule has 0 aliphatic carbocycles. The van der Waals surface area contributed by atoms with Crippen LogP contribution in [-0.4, -0.2) is 29.1 Å². The van der Waals surface area contributed by atoms with E-state index >= 15 is 0 Å². The van der Waals surface area contributed by atoms with Crippen LogP contribution in [0.15, 0.2) is 18.5 Å². The quantitative estimate of drug-likeness (QED) is 0.182. The smallest absolute Gasteiger partial charge is 0.225 e. The summed E-state index contributed by atoms with van der Waals surface area (Å²) in [5.41, 5.74) is 6.32. The first kappa shape index (κ1) is 27.9. The van der Waals surface area contributed by atoms with Crippen LogP contribution in [0, 0.1) is 0 Å². The summed E-state index contributed by atoms with van der Waals surface area (Å²) in [6.07, 6.45) is 21.5. The highest BCUT2D eigenvalue weighted by molar-refractivity contribution is 5.83. The molecule has 0 saturated carbocycles. The first-order valence-corrected chi connectivity index (χ1v) is 12.7. The third-order valence-electron chi connectivity index (χ3n) is 5.57. The Morgan fingerprint density at radius 2 is 1.34 bits per heavy atom. The van der Waals surface area contributed by atoms with Crippen molar-refractivity contribution >= 4 is 5.91 Å². The molecule has 182 valence electrons. The molecule has 1 aromatic heterocycles. The molecule has 1 heterocycles. The zero-order valence-corrected chi connectivity index (χ0v) is 20.6. The van der Waals surface area contributed by atoms with Gasteiger partial charge in [0.25, 0.3) is 0 Å². The maximum absolute atomic E-state index is 12.2. The van der Waals surface area contributed by atoms with E-state index < -0.39 is 5.92 Å². The maximum Gasteiger partial charge on any atom is 0.225 e. The van der Waals surface area contributed by atoms with Crippen LogP contribution in [0.5, 0.6) is 11.8 Å². The first-order chi connectivity index (χ1) is 15.7. The second-order valence-electron chi connectivity index (χ2n) is 8.24. The predicted octanol–water partition coefficient (Wildman–Crippen LogP) is 6.49. The predicted molar refractivity (Wildman–Crippen MR) is 131 cm³/mol. The molecule has 0 fully saturated rings. The van der Waals surface area contributed by atoms with Crippen LogP contribution in [0.1, 0.15) is 116 Å². The summed E-state index contributed by atoms with van der Waals surface area (Å²) in [5.74, 6) is -0.105. The third kappa shape index (κ3) is 11.5. The number of unbranched alkanes of at least 4 members (excludes halogenated alkanes) is 10. The molecule has 0 radical (unpaired) electrons. The molecule has 6 nitrogen and oxygen atoms in total. The standard InChI is InChI=1S/C26H45N3O3/c1-4-7-8-9-10-11-12-13-14-15-16-17-18-19-20-22(24(27)30)23-25(31-5-2)28-21-29-26(23)32-6-3/h13-14,21-22H,4-12,15-20H2,1-3H3,(H2,27,30)/b14-13+. The van der Waals surface area contributed by atoms with E-state index in [2.05, 4.69) is 29.0 Å². The van der Waals surface area contributed by atoms with Crippen LogP contribution in [0.2, 0.25) is 0 Å². The van der Waals surface area contributed by atoms with Gasteiger partial charge in [0.15, 0.2) is 0 Å². The number of nitrogens with two attached hydrogens (primary N) is 1. The summed E-state index contributed by atoms with van der Waals surface area (Å²) >= 11 is 0. The zero-order valence-electron chi connectivity index (χ0n) is 20.6. The average Bonchev–Trinajstić information content (AvgIpc) is 2.77. The minimum Gasteiger partial charge on any atom is -0.478 e. The number of carbonyl (C=O) groups is 1. The van der Waals surface area contributed by atoms with E-state index in [1.165, 1.54) is 57.7 Å². The first-order valence-electron chi connectivity index (χ1n) is 12.7. The Bertz CT molecular complexity index is 625. The van der Waals surface area contributed by atoms with Crippen LogP contribution in [0.3, 0.4) is 0 Å². The number of aromatic nitrogens is 2. The van der Waals surface area contributed by atoms with Crippen LogP contribution < -0.4 is 15.2 Å². The summed E-state index contributed by atoms with van der Waals surface area (Å²) < 4.78 is 11.3. The highest BCUT2D eigenvalue weighted by Gasteiger charge is 2.27.